The van der Waals surface area contributed by atoms with Crippen molar-refractivity contribution in [2.24, 2.45) is 0 Å². The van der Waals surface area contributed by atoms with Gasteiger partial charge in [-0.2, -0.15) is 15.8 Å². The van der Waals surface area contributed by atoms with Crippen molar-refractivity contribution in [2.45, 2.75) is 13.0 Å². The van der Waals surface area contributed by atoms with E-state index in [9.17, 15) is 4.79 Å². The lowest BCUT2D eigenvalue weighted by Crippen LogP contribution is -1.99. The molecule has 128 valence electrons. The van der Waals surface area contributed by atoms with Crippen LogP contribution in [0.15, 0.2) is 24.3 Å². The number of rotatable bonds is 7. The number of aliphatic hydroxyl groups excluding tert-OH is 2. The first kappa shape index (κ1) is 23.3. The summed E-state index contributed by atoms with van der Waals surface area (Å²) in [6.07, 6.45) is 0.403. The average molecular weight is 333 g/mol. The van der Waals surface area contributed by atoms with Crippen LogP contribution >= 0.6 is 0 Å². The second kappa shape index (κ2) is 20.0. The number of nitriles is 3. The first-order valence-electron chi connectivity index (χ1n) is 6.77. The van der Waals surface area contributed by atoms with Gasteiger partial charge in [-0.3, -0.25) is 4.79 Å². The number of carbonyl (C=O) groups excluding carboxylic acids is 1. The van der Waals surface area contributed by atoms with Crippen LogP contribution in [0.3, 0.4) is 0 Å². The Hall–Kier alpha value is -2.96. The third kappa shape index (κ3) is 17.1. The molecular formula is C16H19N3O5. The second-order valence-corrected chi connectivity index (χ2v) is 3.78. The van der Waals surface area contributed by atoms with Gasteiger partial charge in [-0.15, -0.1) is 0 Å². The topological polar surface area (TPSA) is 147 Å². The summed E-state index contributed by atoms with van der Waals surface area (Å²) < 4.78 is 8.69. The molecule has 0 amide bonds. The predicted molar refractivity (Wildman–Crippen MR) is 82.8 cm³/mol. The van der Waals surface area contributed by atoms with E-state index >= 15 is 0 Å². The third-order valence-electron chi connectivity index (χ3n) is 2.08. The predicted octanol–water partition coefficient (Wildman–Crippen LogP) is 0.643. The third-order valence-corrected chi connectivity index (χ3v) is 2.08. The zero-order chi connectivity index (χ0) is 18.5. The molecule has 8 heteroatoms. The zero-order valence-corrected chi connectivity index (χ0v) is 13.1. The van der Waals surface area contributed by atoms with E-state index in [0.717, 1.165) is 5.56 Å². The molecular weight excluding hydrogens is 314 g/mol. The van der Waals surface area contributed by atoms with Crippen LogP contribution in [0.5, 0.6) is 0 Å². The van der Waals surface area contributed by atoms with Crippen LogP contribution in [0.25, 0.3) is 0 Å². The number of aliphatic hydroxyl groups is 2. The Morgan fingerprint density at radius 1 is 1.04 bits per heavy atom. The fourth-order valence-corrected chi connectivity index (χ4v) is 1.04. The lowest BCUT2D eigenvalue weighted by Gasteiger charge is -1.93. The summed E-state index contributed by atoms with van der Waals surface area (Å²) in [5.41, 5.74) is 1.45. The molecule has 0 unspecified atom stereocenters. The van der Waals surface area contributed by atoms with Crippen molar-refractivity contribution in [3.05, 3.63) is 35.4 Å². The van der Waals surface area contributed by atoms with Gasteiger partial charge in [-0.05, 0) is 17.7 Å². The van der Waals surface area contributed by atoms with Crippen molar-refractivity contribution < 1.29 is 24.5 Å². The van der Waals surface area contributed by atoms with Crippen LogP contribution in [0.1, 0.15) is 17.5 Å². The molecule has 0 bridgehead atoms. The number of ether oxygens (including phenoxy) is 2. The lowest BCUT2D eigenvalue weighted by atomic mass is 10.2. The van der Waals surface area contributed by atoms with E-state index in [4.69, 9.17) is 30.7 Å². The highest BCUT2D eigenvalue weighted by Crippen LogP contribution is 2.01. The number of carbonyl (C=O) groups is 1. The summed E-state index contributed by atoms with van der Waals surface area (Å²) in [7, 11) is 0. The number of benzene rings is 1. The minimum Gasteiger partial charge on any atom is -0.452 e. The fraction of sp³-hybridized carbons (Fsp3) is 0.375. The Labute approximate surface area is 140 Å². The molecule has 8 nitrogen and oxygen atoms in total. The monoisotopic (exact) mass is 333 g/mol. The summed E-state index contributed by atoms with van der Waals surface area (Å²) >= 11 is 0. The maximum atomic E-state index is 9.19. The van der Waals surface area contributed by atoms with E-state index in [1.54, 1.807) is 30.3 Å². The molecule has 0 aliphatic carbocycles. The van der Waals surface area contributed by atoms with E-state index in [1.165, 1.54) is 0 Å². The van der Waals surface area contributed by atoms with Gasteiger partial charge in [0.05, 0.1) is 50.6 Å². The maximum Gasteiger partial charge on any atom is 0.294 e. The van der Waals surface area contributed by atoms with Gasteiger partial charge in [0.25, 0.3) is 6.47 Å². The SMILES string of the molecule is N#CCCOCCO.N#CCOC=O.N#Cc1ccc(CO)cc1. The quantitative estimate of drug-likeness (QED) is 0.545. The molecule has 0 saturated carbocycles. The molecule has 0 heterocycles. The van der Waals surface area contributed by atoms with Gasteiger partial charge < -0.3 is 19.7 Å². The van der Waals surface area contributed by atoms with Crippen molar-refractivity contribution in [3.8, 4) is 18.2 Å². The van der Waals surface area contributed by atoms with Crippen molar-refractivity contribution in [1.82, 2.24) is 0 Å². The molecule has 1 aromatic rings. The van der Waals surface area contributed by atoms with Crippen LogP contribution in [-0.4, -0.2) is 43.1 Å². The highest BCUT2D eigenvalue weighted by molar-refractivity contribution is 5.37. The summed E-state index contributed by atoms with van der Waals surface area (Å²) in [5.74, 6) is 0. The highest BCUT2D eigenvalue weighted by Gasteiger charge is 1.89. The molecule has 2 N–H and O–H groups in total. The maximum absolute atomic E-state index is 9.19. The van der Waals surface area contributed by atoms with E-state index in [0.29, 0.717) is 25.2 Å². The van der Waals surface area contributed by atoms with E-state index < -0.39 is 0 Å². The molecule has 0 radical (unpaired) electrons. The summed E-state index contributed by atoms with van der Waals surface area (Å²) in [5, 5.41) is 40.8. The lowest BCUT2D eigenvalue weighted by molar-refractivity contribution is -0.127. The van der Waals surface area contributed by atoms with Gasteiger partial charge in [0.15, 0.2) is 6.61 Å². The van der Waals surface area contributed by atoms with Crippen molar-refractivity contribution in [1.29, 1.82) is 15.8 Å². The fourth-order valence-electron chi connectivity index (χ4n) is 1.04. The molecule has 0 spiro atoms. The smallest absolute Gasteiger partial charge is 0.294 e. The van der Waals surface area contributed by atoms with Crippen LogP contribution < -0.4 is 0 Å². The van der Waals surface area contributed by atoms with Gasteiger partial charge in [-0.25, -0.2) is 0 Å². The molecule has 0 fully saturated rings. The molecule has 0 saturated heterocycles. The van der Waals surface area contributed by atoms with Gasteiger partial charge >= 0.3 is 0 Å². The molecule has 1 aromatic carbocycles. The average Bonchev–Trinajstić information content (AvgIpc) is 2.64. The van der Waals surface area contributed by atoms with E-state index in [1.807, 2.05) is 12.1 Å². The Morgan fingerprint density at radius 2 is 1.71 bits per heavy atom. The standard InChI is InChI=1S/C8H7NO.C5H9NO2.C3H3NO2/c9-5-7-1-3-8(6-10)4-2-7;6-2-1-4-8-5-3-7;4-1-2-6-3-5/h1-4,10H,6H2;7H,1,3-5H2;3H,2H2. The summed E-state index contributed by atoms with van der Waals surface area (Å²) in [6.45, 7) is 0.919. The molecule has 0 aromatic heterocycles. The minimum absolute atomic E-state index is 0.0332. The van der Waals surface area contributed by atoms with Crippen LogP contribution in [0.4, 0.5) is 0 Å². The van der Waals surface area contributed by atoms with Gasteiger partial charge in [0.1, 0.15) is 6.07 Å². The molecule has 24 heavy (non-hydrogen) atoms. The number of hydrogen-bond donors (Lipinski definition) is 2. The van der Waals surface area contributed by atoms with Crippen LogP contribution in [0.2, 0.25) is 0 Å². The summed E-state index contributed by atoms with van der Waals surface area (Å²) in [4.78, 5) is 9.19. The Balaban J connectivity index is 0. The van der Waals surface area contributed by atoms with Gasteiger partial charge in [-0.1, -0.05) is 12.1 Å². The van der Waals surface area contributed by atoms with Crippen LogP contribution in [0, 0.1) is 34.0 Å². The highest BCUT2D eigenvalue weighted by atomic mass is 16.5. The second-order valence-electron chi connectivity index (χ2n) is 3.78. The minimum atomic E-state index is -0.149. The molecule has 1 rings (SSSR count). The molecule has 0 aliphatic heterocycles. The van der Waals surface area contributed by atoms with E-state index in [-0.39, 0.29) is 26.3 Å². The number of hydrogen-bond acceptors (Lipinski definition) is 8. The van der Waals surface area contributed by atoms with Gasteiger partial charge in [0, 0.05) is 0 Å². The zero-order valence-electron chi connectivity index (χ0n) is 13.1. The van der Waals surface area contributed by atoms with Crippen molar-refractivity contribution >= 4 is 6.47 Å². The van der Waals surface area contributed by atoms with Crippen LogP contribution in [-0.2, 0) is 20.9 Å². The Kier molecular flexibility index (Phi) is 19.5. The van der Waals surface area contributed by atoms with Crippen molar-refractivity contribution in [3.63, 3.8) is 0 Å². The van der Waals surface area contributed by atoms with E-state index in [2.05, 4.69) is 4.74 Å². The Bertz CT molecular complexity index is 541. The largest absolute Gasteiger partial charge is 0.452 e. The normalized spacial score (nSPS) is 7.96. The number of nitrogens with zero attached hydrogens (tertiary/aromatic N) is 3. The van der Waals surface area contributed by atoms with Gasteiger partial charge in [0.2, 0.25) is 0 Å². The Morgan fingerprint density at radius 3 is 2.08 bits per heavy atom. The summed E-state index contributed by atoms with van der Waals surface area (Å²) in [6, 6.07) is 12.4. The molecule has 0 aliphatic rings. The first-order chi connectivity index (χ1) is 11.7. The van der Waals surface area contributed by atoms with Crippen molar-refractivity contribution in [2.75, 3.05) is 26.4 Å². The molecule has 0 atom stereocenters. The first-order valence-corrected chi connectivity index (χ1v) is 6.77.